The Morgan fingerprint density at radius 3 is 2.32 bits per heavy atom. The highest BCUT2D eigenvalue weighted by atomic mass is 35.5. The van der Waals surface area contributed by atoms with Crippen LogP contribution in [-0.2, 0) is 0 Å². The summed E-state index contributed by atoms with van der Waals surface area (Å²) in [6, 6.07) is 2.37. The maximum Gasteiger partial charge on any atom is 0.353 e. The first-order chi connectivity index (χ1) is 9.38. The second-order valence-corrected chi connectivity index (χ2v) is 4.08. The van der Waals surface area contributed by atoms with Crippen LogP contribution in [0.25, 0.3) is 0 Å². The average Bonchev–Trinajstić information content (AvgIpc) is 2.82. The van der Waals surface area contributed by atoms with Gasteiger partial charge >= 0.3 is 5.97 Å². The van der Waals surface area contributed by atoms with E-state index in [-0.39, 0.29) is 46.9 Å². The first kappa shape index (κ1) is 20.1. The number of carboxylic acids is 1. The molecule has 1 amide bonds. The molecular formula is C11H8Cl3F2N3O3. The maximum absolute atomic E-state index is 13.1. The van der Waals surface area contributed by atoms with Crippen LogP contribution in [0.3, 0.4) is 0 Å². The third-order valence-corrected chi connectivity index (χ3v) is 2.62. The molecular weight excluding hydrogens is 366 g/mol. The number of aromatic carboxylic acids is 1. The zero-order valence-corrected chi connectivity index (χ0v) is 12.8. The fraction of sp³-hybridized carbons (Fsp3) is 0. The van der Waals surface area contributed by atoms with Crippen LogP contribution in [0.2, 0.25) is 5.02 Å². The van der Waals surface area contributed by atoms with Crippen molar-refractivity contribution in [2.75, 3.05) is 5.32 Å². The fourth-order valence-electron chi connectivity index (χ4n) is 1.38. The van der Waals surface area contributed by atoms with Gasteiger partial charge in [0.05, 0.1) is 10.6 Å². The Bertz CT molecular complexity index is 709. The fourth-order valence-corrected chi connectivity index (χ4v) is 1.61. The molecule has 0 saturated heterocycles. The number of rotatable bonds is 3. The van der Waals surface area contributed by atoms with Gasteiger partial charge in [0.2, 0.25) is 0 Å². The summed E-state index contributed by atoms with van der Waals surface area (Å²) in [4.78, 5) is 22.4. The molecule has 0 aliphatic carbocycles. The number of aromatic nitrogens is 2. The normalized spacial score (nSPS) is 9.41. The predicted octanol–water partition coefficient (Wildman–Crippen LogP) is 3.14. The van der Waals surface area contributed by atoms with Gasteiger partial charge in [-0.3, -0.25) is 9.89 Å². The summed E-state index contributed by atoms with van der Waals surface area (Å²) in [6.07, 6.45) is 0. The van der Waals surface area contributed by atoms with Gasteiger partial charge in [0.25, 0.3) is 5.91 Å². The number of carbonyl (C=O) groups excluding carboxylic acids is 1. The summed E-state index contributed by atoms with van der Waals surface area (Å²) in [5.74, 6) is -4.61. The lowest BCUT2D eigenvalue weighted by atomic mass is 10.2. The van der Waals surface area contributed by atoms with E-state index in [4.69, 9.17) is 16.7 Å². The molecule has 0 saturated carbocycles. The molecule has 1 aromatic carbocycles. The average molecular weight is 375 g/mol. The van der Waals surface area contributed by atoms with Gasteiger partial charge in [-0.2, -0.15) is 5.10 Å². The summed E-state index contributed by atoms with van der Waals surface area (Å²) in [6.45, 7) is 0. The van der Waals surface area contributed by atoms with Crippen molar-refractivity contribution in [3.05, 3.63) is 46.1 Å². The highest BCUT2D eigenvalue weighted by Gasteiger charge is 2.17. The van der Waals surface area contributed by atoms with Crippen LogP contribution in [-0.4, -0.2) is 27.2 Å². The number of nitrogens with one attached hydrogen (secondary N) is 2. The molecule has 0 radical (unpaired) electrons. The number of carbonyl (C=O) groups is 2. The number of benzene rings is 1. The van der Waals surface area contributed by atoms with Gasteiger partial charge in [0.1, 0.15) is 5.69 Å². The summed E-state index contributed by atoms with van der Waals surface area (Å²) in [7, 11) is 0. The molecule has 22 heavy (non-hydrogen) atoms. The van der Waals surface area contributed by atoms with Crippen LogP contribution < -0.4 is 5.32 Å². The van der Waals surface area contributed by atoms with Crippen LogP contribution in [0.4, 0.5) is 14.6 Å². The van der Waals surface area contributed by atoms with Crippen molar-refractivity contribution in [2.45, 2.75) is 0 Å². The SMILES string of the molecule is Cl.Cl.O=C(O)c1cc(NC(=O)c2cc(F)c(F)cc2Cl)n[nH]1. The first-order valence-electron chi connectivity index (χ1n) is 5.13. The Labute approximate surface area is 139 Å². The first-order valence-corrected chi connectivity index (χ1v) is 5.51. The molecule has 2 aromatic rings. The van der Waals surface area contributed by atoms with Crippen molar-refractivity contribution in [1.29, 1.82) is 0 Å². The van der Waals surface area contributed by atoms with E-state index in [1.54, 1.807) is 0 Å². The predicted molar refractivity (Wildman–Crippen MR) is 79.4 cm³/mol. The quantitative estimate of drug-likeness (QED) is 0.719. The van der Waals surface area contributed by atoms with E-state index < -0.39 is 23.5 Å². The van der Waals surface area contributed by atoms with E-state index in [0.29, 0.717) is 12.1 Å². The third kappa shape index (κ3) is 4.30. The van der Waals surface area contributed by atoms with E-state index >= 15 is 0 Å². The zero-order valence-electron chi connectivity index (χ0n) is 10.4. The van der Waals surface area contributed by atoms with Crippen molar-refractivity contribution in [3.8, 4) is 0 Å². The molecule has 0 aliphatic rings. The highest BCUT2D eigenvalue weighted by molar-refractivity contribution is 6.34. The van der Waals surface area contributed by atoms with Crippen molar-refractivity contribution in [1.82, 2.24) is 10.2 Å². The van der Waals surface area contributed by atoms with E-state index in [9.17, 15) is 18.4 Å². The number of anilines is 1. The lowest BCUT2D eigenvalue weighted by Gasteiger charge is -2.04. The smallest absolute Gasteiger partial charge is 0.353 e. The van der Waals surface area contributed by atoms with Crippen LogP contribution in [0, 0.1) is 11.6 Å². The lowest BCUT2D eigenvalue weighted by Crippen LogP contribution is -2.13. The number of hydrogen-bond acceptors (Lipinski definition) is 3. The molecule has 0 atom stereocenters. The third-order valence-electron chi connectivity index (χ3n) is 2.30. The van der Waals surface area contributed by atoms with Gasteiger partial charge in [-0.1, -0.05) is 11.6 Å². The number of amides is 1. The molecule has 120 valence electrons. The van der Waals surface area contributed by atoms with E-state index in [0.717, 1.165) is 6.07 Å². The monoisotopic (exact) mass is 373 g/mol. The molecule has 11 heteroatoms. The zero-order chi connectivity index (χ0) is 14.9. The van der Waals surface area contributed by atoms with Gasteiger partial charge in [0, 0.05) is 6.07 Å². The van der Waals surface area contributed by atoms with Crippen molar-refractivity contribution in [2.24, 2.45) is 0 Å². The van der Waals surface area contributed by atoms with Gasteiger partial charge in [-0.15, -0.1) is 24.8 Å². The van der Waals surface area contributed by atoms with Crippen molar-refractivity contribution >= 4 is 54.1 Å². The Morgan fingerprint density at radius 2 is 1.77 bits per heavy atom. The summed E-state index contributed by atoms with van der Waals surface area (Å²) in [5, 5.41) is 16.3. The van der Waals surface area contributed by atoms with Crippen molar-refractivity contribution < 1.29 is 23.5 Å². The molecule has 2 rings (SSSR count). The number of carboxylic acid groups (broad SMARTS) is 1. The molecule has 0 bridgehead atoms. The van der Waals surface area contributed by atoms with Gasteiger partial charge in [0.15, 0.2) is 17.5 Å². The molecule has 0 unspecified atom stereocenters. The van der Waals surface area contributed by atoms with E-state index in [1.165, 1.54) is 0 Å². The minimum Gasteiger partial charge on any atom is -0.477 e. The number of halogens is 5. The molecule has 0 spiro atoms. The molecule has 0 fully saturated rings. The van der Waals surface area contributed by atoms with Crippen molar-refractivity contribution in [3.63, 3.8) is 0 Å². The minimum absolute atomic E-state index is 0. The van der Waals surface area contributed by atoms with E-state index in [1.807, 2.05) is 0 Å². The number of hydrogen-bond donors (Lipinski definition) is 3. The molecule has 3 N–H and O–H groups in total. The number of nitrogens with zero attached hydrogens (tertiary/aromatic N) is 1. The Kier molecular flexibility index (Phi) is 7.24. The second kappa shape index (κ2) is 7.92. The van der Waals surface area contributed by atoms with Crippen LogP contribution in [0.1, 0.15) is 20.8 Å². The maximum atomic E-state index is 13.1. The molecule has 0 aliphatic heterocycles. The van der Waals surface area contributed by atoms with Gasteiger partial charge < -0.3 is 10.4 Å². The van der Waals surface area contributed by atoms with Gasteiger partial charge in [-0.25, -0.2) is 13.6 Å². The minimum atomic E-state index is -1.26. The number of H-pyrrole nitrogens is 1. The number of aromatic amines is 1. The molecule has 6 nitrogen and oxygen atoms in total. The topological polar surface area (TPSA) is 95.1 Å². The summed E-state index contributed by atoms with van der Waals surface area (Å²) < 4.78 is 25.9. The lowest BCUT2D eigenvalue weighted by molar-refractivity contribution is 0.0690. The highest BCUT2D eigenvalue weighted by Crippen LogP contribution is 2.21. The largest absolute Gasteiger partial charge is 0.477 e. The second-order valence-electron chi connectivity index (χ2n) is 3.67. The van der Waals surface area contributed by atoms with Crippen LogP contribution in [0.5, 0.6) is 0 Å². The van der Waals surface area contributed by atoms with E-state index in [2.05, 4.69) is 15.5 Å². The summed E-state index contributed by atoms with van der Waals surface area (Å²) in [5.41, 5.74) is -0.540. The molecule has 1 aromatic heterocycles. The van der Waals surface area contributed by atoms with Crippen LogP contribution in [0.15, 0.2) is 18.2 Å². The van der Waals surface area contributed by atoms with Crippen LogP contribution >= 0.6 is 36.4 Å². The summed E-state index contributed by atoms with van der Waals surface area (Å²) >= 11 is 5.63. The van der Waals surface area contributed by atoms with Gasteiger partial charge in [-0.05, 0) is 12.1 Å². The Morgan fingerprint density at radius 1 is 1.18 bits per heavy atom. The molecule has 1 heterocycles. The Hall–Kier alpha value is -1.90. The Balaban J connectivity index is 0.00000220. The standard InChI is InChI=1S/C11H6ClF2N3O3.2ClH/c12-5-2-7(14)6(13)1-4(5)10(18)15-9-3-8(11(19)20)16-17-9;;/h1-3H,(H,19,20)(H2,15,16,17,18);2*1H.